The molecule has 0 spiro atoms. The number of carbonyl (C=O) groups is 2. The Labute approximate surface area is 89.7 Å². The number of esters is 2. The minimum atomic E-state index is -0.899. The Morgan fingerprint density at radius 1 is 1.07 bits per heavy atom. The van der Waals surface area contributed by atoms with Crippen LogP contribution in [0.5, 0.6) is 0 Å². The van der Waals surface area contributed by atoms with Crippen molar-refractivity contribution < 1.29 is 23.8 Å². The molecule has 5 heteroatoms. The molecule has 2 unspecified atom stereocenters. The van der Waals surface area contributed by atoms with E-state index in [1.165, 1.54) is 7.11 Å². The monoisotopic (exact) mass is 218 g/mol. The van der Waals surface area contributed by atoms with Crippen molar-refractivity contribution in [2.75, 3.05) is 20.3 Å². The minimum Gasteiger partial charge on any atom is -0.466 e. The van der Waals surface area contributed by atoms with Crippen molar-refractivity contribution in [1.29, 1.82) is 0 Å². The Morgan fingerprint density at radius 2 is 1.53 bits per heavy atom. The molecule has 0 heterocycles. The highest BCUT2D eigenvalue weighted by Gasteiger charge is 2.32. The van der Waals surface area contributed by atoms with E-state index in [0.717, 1.165) is 0 Å². The molecule has 0 amide bonds. The van der Waals surface area contributed by atoms with E-state index in [1.54, 1.807) is 20.8 Å². The van der Waals surface area contributed by atoms with Crippen molar-refractivity contribution in [2.24, 2.45) is 5.92 Å². The zero-order valence-corrected chi connectivity index (χ0v) is 9.61. The molecule has 0 N–H and O–H groups in total. The van der Waals surface area contributed by atoms with Crippen LogP contribution >= 0.6 is 0 Å². The van der Waals surface area contributed by atoms with Crippen molar-refractivity contribution in [3.8, 4) is 0 Å². The second-order valence-electron chi connectivity index (χ2n) is 2.95. The summed E-state index contributed by atoms with van der Waals surface area (Å²) in [6.45, 7) is 5.51. The quantitative estimate of drug-likeness (QED) is 0.616. The molecule has 0 saturated heterocycles. The Bertz CT molecular complexity index is 214. The summed E-state index contributed by atoms with van der Waals surface area (Å²) in [5, 5.41) is 0. The van der Waals surface area contributed by atoms with E-state index >= 15 is 0 Å². The molecule has 0 aromatic rings. The Hall–Kier alpha value is -1.10. The zero-order chi connectivity index (χ0) is 11.8. The highest BCUT2D eigenvalue weighted by molar-refractivity contribution is 5.83. The first-order valence-corrected chi connectivity index (χ1v) is 4.94. The van der Waals surface area contributed by atoms with Gasteiger partial charge >= 0.3 is 11.9 Å². The van der Waals surface area contributed by atoms with Crippen LogP contribution < -0.4 is 0 Å². The van der Waals surface area contributed by atoms with Gasteiger partial charge in [0, 0.05) is 7.11 Å². The van der Waals surface area contributed by atoms with E-state index in [9.17, 15) is 9.59 Å². The lowest BCUT2D eigenvalue weighted by Crippen LogP contribution is -2.37. The van der Waals surface area contributed by atoms with Gasteiger partial charge in [-0.1, -0.05) is 0 Å². The molecule has 0 radical (unpaired) electrons. The summed E-state index contributed by atoms with van der Waals surface area (Å²) in [5.74, 6) is -1.66. The van der Waals surface area contributed by atoms with Gasteiger partial charge in [0.15, 0.2) is 6.10 Å². The summed E-state index contributed by atoms with van der Waals surface area (Å²) in [4.78, 5) is 22.7. The molecule has 0 fully saturated rings. The van der Waals surface area contributed by atoms with Gasteiger partial charge in [-0.2, -0.15) is 0 Å². The molecule has 0 aliphatic rings. The fourth-order valence-corrected chi connectivity index (χ4v) is 1.13. The first-order chi connectivity index (χ1) is 7.08. The highest BCUT2D eigenvalue weighted by Crippen LogP contribution is 2.10. The van der Waals surface area contributed by atoms with Gasteiger partial charge in [-0.05, 0) is 20.8 Å². The first-order valence-electron chi connectivity index (χ1n) is 4.94. The number of hydrogen-bond donors (Lipinski definition) is 0. The largest absolute Gasteiger partial charge is 0.466 e. The fourth-order valence-electron chi connectivity index (χ4n) is 1.13. The number of carbonyl (C=O) groups excluding carboxylic acids is 2. The molecule has 0 aromatic carbocycles. The van der Waals surface area contributed by atoms with Crippen molar-refractivity contribution in [1.82, 2.24) is 0 Å². The molecular weight excluding hydrogens is 200 g/mol. The summed E-state index contributed by atoms with van der Waals surface area (Å²) in [7, 11) is 1.36. The fraction of sp³-hybridized carbons (Fsp3) is 0.800. The van der Waals surface area contributed by atoms with Crippen molar-refractivity contribution >= 4 is 11.9 Å². The van der Waals surface area contributed by atoms with Crippen LogP contribution in [0.4, 0.5) is 0 Å². The van der Waals surface area contributed by atoms with Gasteiger partial charge in [0.1, 0.15) is 0 Å². The van der Waals surface area contributed by atoms with E-state index in [2.05, 4.69) is 0 Å². The third-order valence-corrected chi connectivity index (χ3v) is 1.89. The molecule has 0 saturated carbocycles. The molecule has 0 aliphatic carbocycles. The van der Waals surface area contributed by atoms with E-state index < -0.39 is 24.0 Å². The van der Waals surface area contributed by atoms with E-state index in [4.69, 9.17) is 14.2 Å². The number of methoxy groups -OCH3 is 1. The van der Waals surface area contributed by atoms with Crippen LogP contribution in [0, 0.1) is 5.92 Å². The predicted octanol–water partition coefficient (Wildman–Crippen LogP) is 0.764. The molecule has 15 heavy (non-hydrogen) atoms. The van der Waals surface area contributed by atoms with Crippen LogP contribution in [0.15, 0.2) is 0 Å². The lowest BCUT2D eigenvalue weighted by atomic mass is 10.1. The van der Waals surface area contributed by atoms with Gasteiger partial charge in [0.2, 0.25) is 0 Å². The number of ether oxygens (including phenoxy) is 3. The van der Waals surface area contributed by atoms with Gasteiger partial charge < -0.3 is 14.2 Å². The molecular formula is C10H18O5. The van der Waals surface area contributed by atoms with Crippen LogP contribution in [0.25, 0.3) is 0 Å². The SMILES string of the molecule is CCOC(=O)C(C)C(OC)C(=O)OCC. The molecule has 0 aliphatic heterocycles. The van der Waals surface area contributed by atoms with E-state index in [-0.39, 0.29) is 13.2 Å². The van der Waals surface area contributed by atoms with Gasteiger partial charge in [-0.3, -0.25) is 4.79 Å². The van der Waals surface area contributed by atoms with E-state index in [0.29, 0.717) is 0 Å². The summed E-state index contributed by atoms with van der Waals surface area (Å²) in [6.07, 6.45) is -0.899. The maximum atomic E-state index is 11.4. The molecule has 88 valence electrons. The molecule has 0 aromatic heterocycles. The van der Waals surface area contributed by atoms with Crippen molar-refractivity contribution in [2.45, 2.75) is 26.9 Å². The molecule has 2 atom stereocenters. The number of hydrogen-bond acceptors (Lipinski definition) is 5. The lowest BCUT2D eigenvalue weighted by molar-refractivity contribution is -0.167. The Morgan fingerprint density at radius 3 is 1.93 bits per heavy atom. The summed E-state index contributed by atoms with van der Waals surface area (Å²) in [5.41, 5.74) is 0. The second kappa shape index (κ2) is 7.23. The van der Waals surface area contributed by atoms with Crippen LogP contribution in [0.3, 0.4) is 0 Å². The van der Waals surface area contributed by atoms with Crippen molar-refractivity contribution in [3.05, 3.63) is 0 Å². The molecule has 5 nitrogen and oxygen atoms in total. The highest BCUT2D eigenvalue weighted by atomic mass is 16.6. The van der Waals surface area contributed by atoms with Crippen LogP contribution in [-0.2, 0) is 23.8 Å². The lowest BCUT2D eigenvalue weighted by Gasteiger charge is -2.19. The zero-order valence-electron chi connectivity index (χ0n) is 9.61. The summed E-state index contributed by atoms with van der Waals surface area (Å²) < 4.78 is 14.5. The third kappa shape index (κ3) is 4.29. The predicted molar refractivity (Wildman–Crippen MR) is 53.2 cm³/mol. The average molecular weight is 218 g/mol. The van der Waals surface area contributed by atoms with Crippen LogP contribution in [0.2, 0.25) is 0 Å². The average Bonchev–Trinajstić information content (AvgIpc) is 2.19. The normalized spacial score (nSPS) is 14.1. The van der Waals surface area contributed by atoms with Crippen LogP contribution in [0.1, 0.15) is 20.8 Å². The van der Waals surface area contributed by atoms with Gasteiger partial charge in [-0.15, -0.1) is 0 Å². The Balaban J connectivity index is 4.38. The van der Waals surface area contributed by atoms with Crippen molar-refractivity contribution in [3.63, 3.8) is 0 Å². The topological polar surface area (TPSA) is 61.8 Å². The second-order valence-corrected chi connectivity index (χ2v) is 2.95. The molecule has 0 rings (SSSR count). The third-order valence-electron chi connectivity index (χ3n) is 1.89. The summed E-state index contributed by atoms with van der Waals surface area (Å²) in [6, 6.07) is 0. The maximum absolute atomic E-state index is 11.4. The summed E-state index contributed by atoms with van der Waals surface area (Å²) >= 11 is 0. The first kappa shape index (κ1) is 13.9. The van der Waals surface area contributed by atoms with Crippen LogP contribution in [-0.4, -0.2) is 38.4 Å². The van der Waals surface area contributed by atoms with Gasteiger partial charge in [-0.25, -0.2) is 4.79 Å². The smallest absolute Gasteiger partial charge is 0.336 e. The number of rotatable bonds is 6. The minimum absolute atomic E-state index is 0.258. The van der Waals surface area contributed by atoms with Gasteiger partial charge in [0.25, 0.3) is 0 Å². The Kier molecular flexibility index (Phi) is 6.70. The standard InChI is InChI=1S/C10H18O5/c1-5-14-9(11)7(3)8(13-4)10(12)15-6-2/h7-8H,5-6H2,1-4H3. The molecule has 0 bridgehead atoms. The maximum Gasteiger partial charge on any atom is 0.336 e. The van der Waals surface area contributed by atoms with Gasteiger partial charge in [0.05, 0.1) is 19.1 Å². The van der Waals surface area contributed by atoms with E-state index in [1.807, 2.05) is 0 Å².